The maximum absolute atomic E-state index is 12.2. The molecule has 1 aromatic heterocycles. The van der Waals surface area contributed by atoms with Crippen molar-refractivity contribution in [1.29, 1.82) is 5.26 Å². The molecule has 3 rings (SSSR count). The summed E-state index contributed by atoms with van der Waals surface area (Å²) in [6.07, 6.45) is 1.53. The number of rotatable bonds is 5. The van der Waals surface area contributed by atoms with Crippen molar-refractivity contribution in [1.82, 2.24) is 9.97 Å². The second-order valence-electron chi connectivity index (χ2n) is 5.38. The molecule has 0 saturated heterocycles. The second-order valence-corrected chi connectivity index (χ2v) is 5.79. The lowest BCUT2D eigenvalue weighted by Gasteiger charge is -2.06. The molecule has 0 saturated carbocycles. The molecule has 3 aromatic rings. The fraction of sp³-hybridized carbons (Fsp3) is 0.0526. The molecule has 0 atom stereocenters. The minimum Gasteiger partial charge on any atom is -0.495 e. The van der Waals surface area contributed by atoms with Gasteiger partial charge in [-0.3, -0.25) is 9.78 Å². The van der Waals surface area contributed by atoms with Gasteiger partial charge in [0.05, 0.1) is 24.0 Å². The molecule has 1 heterocycles. The molecule has 2 N–H and O–H groups in total. The molecule has 0 fully saturated rings. The van der Waals surface area contributed by atoms with Crippen LogP contribution in [0.4, 0.5) is 5.95 Å². The van der Waals surface area contributed by atoms with Crippen molar-refractivity contribution in [3.63, 3.8) is 0 Å². The summed E-state index contributed by atoms with van der Waals surface area (Å²) >= 11 is 5.99. The average molecular weight is 380 g/mol. The molecular formula is C19H14ClN5O2. The number of H-pyrrole nitrogens is 1. The van der Waals surface area contributed by atoms with Gasteiger partial charge in [0, 0.05) is 5.56 Å². The van der Waals surface area contributed by atoms with Crippen LogP contribution in [0.2, 0.25) is 5.02 Å². The third-order valence-electron chi connectivity index (χ3n) is 3.64. The first-order chi connectivity index (χ1) is 13.1. The Morgan fingerprint density at radius 1 is 1.30 bits per heavy atom. The lowest BCUT2D eigenvalue weighted by molar-refractivity contribution is 0.415. The third-order valence-corrected chi connectivity index (χ3v) is 3.95. The molecule has 0 radical (unpaired) electrons. The number of halogens is 1. The number of anilines is 1. The number of hydrogen-bond donors (Lipinski definition) is 2. The van der Waals surface area contributed by atoms with Gasteiger partial charge in [0.15, 0.2) is 0 Å². The minimum absolute atomic E-state index is 0.0573. The van der Waals surface area contributed by atoms with Gasteiger partial charge in [-0.1, -0.05) is 48.0 Å². The Morgan fingerprint density at radius 3 is 2.78 bits per heavy atom. The van der Waals surface area contributed by atoms with E-state index in [1.807, 2.05) is 12.1 Å². The summed E-state index contributed by atoms with van der Waals surface area (Å²) in [6.45, 7) is 0. The number of nitrogens with zero attached hydrogens (tertiary/aromatic N) is 3. The Balaban J connectivity index is 1.89. The van der Waals surface area contributed by atoms with E-state index in [-0.39, 0.29) is 17.2 Å². The van der Waals surface area contributed by atoms with Crippen molar-refractivity contribution < 1.29 is 4.74 Å². The Hall–Kier alpha value is -3.63. The van der Waals surface area contributed by atoms with E-state index in [1.165, 1.54) is 13.3 Å². The van der Waals surface area contributed by atoms with E-state index < -0.39 is 5.56 Å². The monoisotopic (exact) mass is 379 g/mol. The van der Waals surface area contributed by atoms with E-state index in [0.717, 1.165) is 5.56 Å². The van der Waals surface area contributed by atoms with Crippen LogP contribution < -0.4 is 15.7 Å². The van der Waals surface area contributed by atoms with Gasteiger partial charge in [-0.25, -0.2) is 10.4 Å². The molecule has 2 aromatic carbocycles. The van der Waals surface area contributed by atoms with Crippen molar-refractivity contribution in [2.75, 3.05) is 12.5 Å². The molecule has 134 valence electrons. The van der Waals surface area contributed by atoms with Crippen LogP contribution in [0.25, 0.3) is 11.3 Å². The van der Waals surface area contributed by atoms with E-state index in [0.29, 0.717) is 16.3 Å². The number of aromatic nitrogens is 2. The van der Waals surface area contributed by atoms with Crippen molar-refractivity contribution >= 4 is 23.8 Å². The maximum Gasteiger partial charge on any atom is 0.270 e. The number of methoxy groups -OCH3 is 1. The molecule has 0 aliphatic heterocycles. The highest BCUT2D eigenvalue weighted by Crippen LogP contribution is 2.24. The number of nitrogens with one attached hydrogen (secondary N) is 2. The number of nitriles is 1. The van der Waals surface area contributed by atoms with Crippen LogP contribution in [0, 0.1) is 11.3 Å². The Bertz CT molecular complexity index is 1090. The number of ether oxygens (including phenoxy) is 1. The quantitative estimate of drug-likeness (QED) is 0.522. The fourth-order valence-corrected chi connectivity index (χ4v) is 2.55. The summed E-state index contributed by atoms with van der Waals surface area (Å²) in [5.41, 5.74) is 3.75. The Morgan fingerprint density at radius 2 is 2.07 bits per heavy atom. The highest BCUT2D eigenvalue weighted by molar-refractivity contribution is 6.32. The van der Waals surface area contributed by atoms with Crippen molar-refractivity contribution in [3.05, 3.63) is 75.0 Å². The van der Waals surface area contributed by atoms with Crippen LogP contribution in [0.5, 0.6) is 5.75 Å². The van der Waals surface area contributed by atoms with E-state index in [9.17, 15) is 10.1 Å². The van der Waals surface area contributed by atoms with Crippen LogP contribution in [-0.2, 0) is 0 Å². The molecule has 8 heteroatoms. The van der Waals surface area contributed by atoms with Crippen LogP contribution in [0.1, 0.15) is 11.1 Å². The summed E-state index contributed by atoms with van der Waals surface area (Å²) in [6, 6.07) is 16.1. The minimum atomic E-state index is -0.544. The number of aromatic amines is 1. The van der Waals surface area contributed by atoms with Crippen LogP contribution >= 0.6 is 11.6 Å². The van der Waals surface area contributed by atoms with Gasteiger partial charge in [-0.05, 0) is 17.7 Å². The van der Waals surface area contributed by atoms with Crippen LogP contribution in [0.3, 0.4) is 0 Å². The number of benzene rings is 2. The zero-order valence-electron chi connectivity index (χ0n) is 14.2. The molecule has 27 heavy (non-hydrogen) atoms. The zero-order valence-corrected chi connectivity index (χ0v) is 15.0. The highest BCUT2D eigenvalue weighted by Gasteiger charge is 2.12. The SMILES string of the molecule is COc1cc(C=NNc2nc(-c3ccccc3)c(C#N)c(=O)[nH]2)ccc1Cl. The van der Waals surface area contributed by atoms with Crippen LogP contribution in [0.15, 0.2) is 58.4 Å². The summed E-state index contributed by atoms with van der Waals surface area (Å²) in [4.78, 5) is 19.0. The first-order valence-electron chi connectivity index (χ1n) is 7.85. The largest absolute Gasteiger partial charge is 0.495 e. The van der Waals surface area contributed by atoms with Gasteiger partial charge in [-0.15, -0.1) is 0 Å². The molecule has 0 bridgehead atoms. The molecule has 0 spiro atoms. The highest BCUT2D eigenvalue weighted by atomic mass is 35.5. The number of hydrogen-bond acceptors (Lipinski definition) is 6. The van der Waals surface area contributed by atoms with E-state index >= 15 is 0 Å². The van der Waals surface area contributed by atoms with Gasteiger partial charge in [0.25, 0.3) is 5.56 Å². The van der Waals surface area contributed by atoms with Gasteiger partial charge < -0.3 is 4.74 Å². The lowest BCUT2D eigenvalue weighted by Crippen LogP contribution is -2.16. The predicted molar refractivity (Wildman–Crippen MR) is 104 cm³/mol. The average Bonchev–Trinajstić information content (AvgIpc) is 2.69. The fourth-order valence-electron chi connectivity index (χ4n) is 2.36. The first-order valence-corrected chi connectivity index (χ1v) is 8.22. The van der Waals surface area contributed by atoms with E-state index in [2.05, 4.69) is 20.5 Å². The molecule has 0 aliphatic rings. The Kier molecular flexibility index (Phi) is 5.50. The molecule has 7 nitrogen and oxygen atoms in total. The summed E-state index contributed by atoms with van der Waals surface area (Å²) in [5.74, 6) is 0.645. The van der Waals surface area contributed by atoms with Gasteiger partial charge >= 0.3 is 0 Å². The van der Waals surface area contributed by atoms with Gasteiger partial charge in [0.2, 0.25) is 5.95 Å². The lowest BCUT2D eigenvalue weighted by atomic mass is 10.1. The summed E-state index contributed by atoms with van der Waals surface area (Å²) < 4.78 is 5.15. The van der Waals surface area contributed by atoms with Crippen molar-refractivity contribution in [2.24, 2.45) is 5.10 Å². The van der Waals surface area contributed by atoms with Crippen LogP contribution in [-0.4, -0.2) is 23.3 Å². The third kappa shape index (κ3) is 4.14. The standard InChI is InChI=1S/C19H14ClN5O2/c1-27-16-9-12(7-8-15(16)20)11-22-25-19-23-17(13-5-3-2-4-6-13)14(10-21)18(26)24-19/h2-9,11H,1H3,(H2,23,24,25,26). The first kappa shape index (κ1) is 18.2. The van der Waals surface area contributed by atoms with E-state index in [4.69, 9.17) is 16.3 Å². The zero-order chi connectivity index (χ0) is 19.2. The molecule has 0 amide bonds. The van der Waals surface area contributed by atoms with E-state index in [1.54, 1.807) is 42.5 Å². The Labute approximate surface area is 159 Å². The molecule has 0 aliphatic carbocycles. The topological polar surface area (TPSA) is 103 Å². The van der Waals surface area contributed by atoms with Gasteiger partial charge in [-0.2, -0.15) is 10.4 Å². The summed E-state index contributed by atoms with van der Waals surface area (Å²) in [7, 11) is 1.52. The second kappa shape index (κ2) is 8.17. The van der Waals surface area contributed by atoms with Gasteiger partial charge in [0.1, 0.15) is 17.4 Å². The summed E-state index contributed by atoms with van der Waals surface area (Å²) in [5, 5.41) is 13.8. The molecule has 0 unspecified atom stereocenters. The normalized spacial score (nSPS) is 10.6. The predicted octanol–water partition coefficient (Wildman–Crippen LogP) is 3.42. The maximum atomic E-state index is 12.2. The smallest absolute Gasteiger partial charge is 0.270 e. The number of hydrazone groups is 1. The molecular weight excluding hydrogens is 366 g/mol. The van der Waals surface area contributed by atoms with Crippen molar-refractivity contribution in [3.8, 4) is 23.1 Å². The van der Waals surface area contributed by atoms with Crippen molar-refractivity contribution in [2.45, 2.75) is 0 Å².